The van der Waals surface area contributed by atoms with Crippen molar-refractivity contribution in [3.63, 3.8) is 0 Å². The molecule has 2 N–H and O–H groups in total. The van der Waals surface area contributed by atoms with E-state index < -0.39 is 0 Å². The highest BCUT2D eigenvalue weighted by Crippen LogP contribution is 2.31. The van der Waals surface area contributed by atoms with Gasteiger partial charge in [-0.25, -0.2) is 0 Å². The number of halogens is 1. The zero-order valence-corrected chi connectivity index (χ0v) is 17.4. The second kappa shape index (κ2) is 9.67. The van der Waals surface area contributed by atoms with Crippen molar-refractivity contribution in [2.24, 2.45) is 5.92 Å². The predicted octanol–water partition coefficient (Wildman–Crippen LogP) is 5.60. The average Bonchev–Trinajstić information content (AvgIpc) is 2.99. The highest BCUT2D eigenvalue weighted by atomic mass is 35.5. The summed E-state index contributed by atoms with van der Waals surface area (Å²) >= 11 is 6.52. The van der Waals surface area contributed by atoms with Gasteiger partial charge < -0.3 is 15.4 Å². The van der Waals surface area contributed by atoms with E-state index in [9.17, 15) is 0 Å². The molecule has 0 atom stereocenters. The van der Waals surface area contributed by atoms with Crippen molar-refractivity contribution in [2.75, 3.05) is 25.0 Å². The highest BCUT2D eigenvalue weighted by molar-refractivity contribution is 6.33. The van der Waals surface area contributed by atoms with Crippen LogP contribution in [0.3, 0.4) is 0 Å². The molecule has 2 aliphatic rings. The number of benzene rings is 2. The maximum Gasteiger partial charge on any atom is 0.119 e. The summed E-state index contributed by atoms with van der Waals surface area (Å²) in [6, 6.07) is 12.7. The van der Waals surface area contributed by atoms with Crippen molar-refractivity contribution < 1.29 is 4.74 Å². The van der Waals surface area contributed by atoms with Crippen LogP contribution in [-0.4, -0.2) is 19.7 Å². The van der Waals surface area contributed by atoms with Gasteiger partial charge in [0.05, 0.1) is 17.3 Å². The quantitative estimate of drug-likeness (QED) is 0.664. The van der Waals surface area contributed by atoms with Gasteiger partial charge >= 0.3 is 0 Å². The van der Waals surface area contributed by atoms with Crippen LogP contribution < -0.4 is 15.4 Å². The minimum Gasteiger partial charge on any atom is -0.493 e. The number of hydrogen-bond acceptors (Lipinski definition) is 3. The summed E-state index contributed by atoms with van der Waals surface area (Å²) in [7, 11) is 0. The molecule has 0 saturated heterocycles. The molecular formula is C24H31ClN2O. The topological polar surface area (TPSA) is 33.3 Å². The second-order valence-electron chi connectivity index (χ2n) is 8.12. The van der Waals surface area contributed by atoms with Gasteiger partial charge in [-0.05, 0) is 79.6 Å². The fourth-order valence-corrected chi connectivity index (χ4v) is 4.64. The number of rotatable bonds is 6. The second-order valence-corrected chi connectivity index (χ2v) is 8.53. The Morgan fingerprint density at radius 2 is 1.75 bits per heavy atom. The summed E-state index contributed by atoms with van der Waals surface area (Å²) < 4.78 is 6.02. The third-order valence-corrected chi connectivity index (χ3v) is 6.40. The molecule has 0 amide bonds. The van der Waals surface area contributed by atoms with Crippen molar-refractivity contribution in [1.29, 1.82) is 0 Å². The van der Waals surface area contributed by atoms with Crippen LogP contribution in [0, 0.1) is 5.92 Å². The molecule has 1 fully saturated rings. The van der Waals surface area contributed by atoms with E-state index in [1.165, 1.54) is 48.8 Å². The molecule has 0 aromatic heterocycles. The first-order valence-electron chi connectivity index (χ1n) is 10.8. The summed E-state index contributed by atoms with van der Waals surface area (Å²) in [5.74, 6) is 1.71. The molecule has 1 aliphatic carbocycles. The fraction of sp³-hybridized carbons (Fsp3) is 0.500. The Balaban J connectivity index is 1.35. The van der Waals surface area contributed by atoms with Crippen molar-refractivity contribution >= 4 is 17.3 Å². The summed E-state index contributed by atoms with van der Waals surface area (Å²) in [5.41, 5.74) is 5.11. The number of anilines is 1. The van der Waals surface area contributed by atoms with Gasteiger partial charge in [-0.1, -0.05) is 49.1 Å². The van der Waals surface area contributed by atoms with E-state index in [2.05, 4.69) is 41.0 Å². The Morgan fingerprint density at radius 3 is 2.57 bits per heavy atom. The third-order valence-electron chi connectivity index (χ3n) is 6.09. The first kappa shape index (κ1) is 19.6. The van der Waals surface area contributed by atoms with Crippen LogP contribution in [0.1, 0.15) is 48.8 Å². The van der Waals surface area contributed by atoms with Gasteiger partial charge in [0.2, 0.25) is 0 Å². The van der Waals surface area contributed by atoms with E-state index >= 15 is 0 Å². The molecule has 4 heteroatoms. The Kier molecular flexibility index (Phi) is 6.77. The van der Waals surface area contributed by atoms with Crippen LogP contribution in [0.5, 0.6) is 5.75 Å². The minimum atomic E-state index is 0.736. The fourth-order valence-electron chi connectivity index (χ4n) is 4.40. The van der Waals surface area contributed by atoms with Crippen molar-refractivity contribution in [3.8, 4) is 5.75 Å². The summed E-state index contributed by atoms with van der Waals surface area (Å²) in [6.45, 7) is 3.68. The van der Waals surface area contributed by atoms with E-state index in [0.29, 0.717) is 0 Å². The standard InChI is InChI=1S/C24H31ClN2O/c25-23-11-8-20-12-14-26-15-13-22(20)24(23)27-16-18-6-9-21(10-7-18)28-17-19-4-2-1-3-5-19/h6-11,19,26-27H,1-5,12-17H2. The summed E-state index contributed by atoms with van der Waals surface area (Å²) in [5, 5.41) is 7.87. The lowest BCUT2D eigenvalue weighted by atomic mass is 9.90. The molecular weight excluding hydrogens is 368 g/mol. The van der Waals surface area contributed by atoms with E-state index in [1.807, 2.05) is 6.07 Å². The minimum absolute atomic E-state index is 0.736. The first-order chi connectivity index (χ1) is 13.8. The van der Waals surface area contributed by atoms with Crippen LogP contribution >= 0.6 is 11.6 Å². The molecule has 0 bridgehead atoms. The highest BCUT2D eigenvalue weighted by Gasteiger charge is 2.15. The van der Waals surface area contributed by atoms with Gasteiger partial charge in [0.15, 0.2) is 0 Å². The molecule has 0 unspecified atom stereocenters. The first-order valence-corrected chi connectivity index (χ1v) is 11.1. The van der Waals surface area contributed by atoms with Gasteiger partial charge in [-0.2, -0.15) is 0 Å². The number of nitrogens with one attached hydrogen (secondary N) is 2. The van der Waals surface area contributed by atoms with Crippen molar-refractivity contribution in [3.05, 3.63) is 58.1 Å². The van der Waals surface area contributed by atoms with Gasteiger partial charge in [-0.3, -0.25) is 0 Å². The Labute approximate surface area is 173 Å². The van der Waals surface area contributed by atoms with Gasteiger partial charge in [0.25, 0.3) is 0 Å². The van der Waals surface area contributed by atoms with E-state index in [-0.39, 0.29) is 0 Å². The van der Waals surface area contributed by atoms with Gasteiger partial charge in [-0.15, -0.1) is 0 Å². The third kappa shape index (κ3) is 5.01. The van der Waals surface area contributed by atoms with E-state index in [1.54, 1.807) is 0 Å². The maximum absolute atomic E-state index is 6.52. The smallest absolute Gasteiger partial charge is 0.119 e. The lowest BCUT2D eigenvalue weighted by Gasteiger charge is -2.21. The number of ether oxygens (including phenoxy) is 1. The van der Waals surface area contributed by atoms with Crippen LogP contribution in [0.2, 0.25) is 5.02 Å². The predicted molar refractivity (Wildman–Crippen MR) is 118 cm³/mol. The number of hydrogen-bond donors (Lipinski definition) is 2. The molecule has 28 heavy (non-hydrogen) atoms. The zero-order chi connectivity index (χ0) is 19.2. The molecule has 3 nitrogen and oxygen atoms in total. The van der Waals surface area contributed by atoms with Crippen molar-refractivity contribution in [2.45, 2.75) is 51.5 Å². The average molecular weight is 399 g/mol. The Bertz CT molecular complexity index is 769. The lowest BCUT2D eigenvalue weighted by molar-refractivity contribution is 0.209. The molecule has 1 saturated carbocycles. The molecule has 1 heterocycles. The van der Waals surface area contributed by atoms with Crippen LogP contribution in [0.4, 0.5) is 5.69 Å². The van der Waals surface area contributed by atoms with Crippen LogP contribution in [0.25, 0.3) is 0 Å². The SMILES string of the molecule is Clc1ccc2c(c1NCc1ccc(OCC3CCCCC3)cc1)CCNCC2. The number of fused-ring (bicyclic) bond motifs is 1. The molecule has 0 radical (unpaired) electrons. The monoisotopic (exact) mass is 398 g/mol. The van der Waals surface area contributed by atoms with E-state index in [4.69, 9.17) is 16.3 Å². The molecule has 0 spiro atoms. The van der Waals surface area contributed by atoms with Crippen molar-refractivity contribution in [1.82, 2.24) is 5.32 Å². The van der Waals surface area contributed by atoms with Gasteiger partial charge in [0, 0.05) is 6.54 Å². The molecule has 2 aromatic rings. The van der Waals surface area contributed by atoms with Crippen LogP contribution in [-0.2, 0) is 19.4 Å². The molecule has 150 valence electrons. The zero-order valence-electron chi connectivity index (χ0n) is 16.6. The van der Waals surface area contributed by atoms with Gasteiger partial charge in [0.1, 0.15) is 5.75 Å². The normalized spacial score (nSPS) is 17.6. The summed E-state index contributed by atoms with van der Waals surface area (Å²) in [6.07, 6.45) is 8.84. The molecule has 4 rings (SSSR count). The largest absolute Gasteiger partial charge is 0.493 e. The molecule has 2 aromatic carbocycles. The Hall–Kier alpha value is -1.71. The van der Waals surface area contributed by atoms with Crippen LogP contribution in [0.15, 0.2) is 36.4 Å². The summed E-state index contributed by atoms with van der Waals surface area (Å²) in [4.78, 5) is 0. The molecule has 1 aliphatic heterocycles. The van der Waals surface area contributed by atoms with E-state index in [0.717, 1.165) is 61.5 Å². The lowest BCUT2D eigenvalue weighted by Crippen LogP contribution is -2.16. The Morgan fingerprint density at radius 1 is 0.964 bits per heavy atom. The maximum atomic E-state index is 6.52.